The zero-order valence-corrected chi connectivity index (χ0v) is 12.6. The maximum absolute atomic E-state index is 9.82. The van der Waals surface area contributed by atoms with E-state index < -0.39 is 0 Å². The molecule has 0 spiro atoms. The summed E-state index contributed by atoms with van der Waals surface area (Å²) in [4.78, 5) is 11.2. The monoisotopic (exact) mass is 283 g/mol. The molecule has 1 aliphatic rings. The van der Waals surface area contributed by atoms with Crippen molar-refractivity contribution in [2.75, 3.05) is 18.0 Å². The summed E-state index contributed by atoms with van der Waals surface area (Å²) in [5, 5.41) is 10.4. The van der Waals surface area contributed by atoms with E-state index in [1.165, 1.54) is 0 Å². The van der Waals surface area contributed by atoms with Crippen molar-refractivity contribution in [2.45, 2.75) is 46.1 Å². The molecule has 1 aromatic rings. The van der Waals surface area contributed by atoms with Crippen LogP contribution in [0.1, 0.15) is 38.1 Å². The topological polar surface area (TPSA) is 49.2 Å². The molecule has 2 rings (SSSR count). The fraction of sp³-hybridized carbons (Fsp3) is 0.714. The quantitative estimate of drug-likeness (QED) is 0.867. The lowest BCUT2D eigenvalue weighted by Gasteiger charge is -2.36. The van der Waals surface area contributed by atoms with E-state index in [-0.39, 0.29) is 12.0 Å². The number of aliphatic hydroxyl groups is 1. The van der Waals surface area contributed by atoms with Crippen molar-refractivity contribution in [1.29, 1.82) is 0 Å². The smallest absolute Gasteiger partial charge is 0.137 e. The Labute approximate surface area is 119 Å². The predicted molar refractivity (Wildman–Crippen MR) is 77.8 cm³/mol. The van der Waals surface area contributed by atoms with Gasteiger partial charge in [-0.15, -0.1) is 0 Å². The minimum absolute atomic E-state index is 0.205. The fourth-order valence-corrected chi connectivity index (χ4v) is 2.67. The molecule has 0 bridgehead atoms. The molecule has 1 aliphatic heterocycles. The Hall–Kier alpha value is -0.870. The van der Waals surface area contributed by atoms with Crippen LogP contribution < -0.4 is 4.90 Å². The van der Waals surface area contributed by atoms with Gasteiger partial charge in [-0.25, -0.2) is 9.97 Å². The molecule has 5 heteroatoms. The molecule has 0 aliphatic carbocycles. The van der Waals surface area contributed by atoms with Crippen molar-refractivity contribution in [3.63, 3.8) is 0 Å². The lowest BCUT2D eigenvalue weighted by molar-refractivity contribution is 0.0968. The Morgan fingerprint density at radius 2 is 2.16 bits per heavy atom. The number of piperidine rings is 1. The molecule has 2 heterocycles. The molecule has 4 nitrogen and oxygen atoms in total. The van der Waals surface area contributed by atoms with Crippen LogP contribution in [0, 0.1) is 12.8 Å². The Kier molecular flexibility index (Phi) is 4.63. The number of aryl methyl sites for hydroxylation is 1. The van der Waals surface area contributed by atoms with Gasteiger partial charge in [0.2, 0.25) is 0 Å². The molecule has 2 atom stereocenters. The number of aliphatic hydroxyl groups excluding tert-OH is 1. The van der Waals surface area contributed by atoms with Crippen molar-refractivity contribution in [3.8, 4) is 0 Å². The molecule has 2 unspecified atom stereocenters. The number of hydrogen-bond donors (Lipinski definition) is 1. The van der Waals surface area contributed by atoms with E-state index in [0.29, 0.717) is 5.15 Å². The number of hydrogen-bond acceptors (Lipinski definition) is 4. The second-order valence-electron chi connectivity index (χ2n) is 5.41. The Balaban J connectivity index is 2.28. The van der Waals surface area contributed by atoms with Gasteiger partial charge in [0.1, 0.15) is 16.8 Å². The zero-order valence-electron chi connectivity index (χ0n) is 11.9. The van der Waals surface area contributed by atoms with Gasteiger partial charge in [-0.2, -0.15) is 0 Å². The van der Waals surface area contributed by atoms with Crippen LogP contribution in [0.5, 0.6) is 0 Å². The van der Waals surface area contributed by atoms with Crippen molar-refractivity contribution in [2.24, 2.45) is 5.92 Å². The second-order valence-corrected chi connectivity index (χ2v) is 5.77. The van der Waals surface area contributed by atoms with E-state index in [0.717, 1.165) is 49.6 Å². The Morgan fingerprint density at radius 3 is 2.79 bits per heavy atom. The summed E-state index contributed by atoms with van der Waals surface area (Å²) in [5.74, 6) is 2.01. The van der Waals surface area contributed by atoms with Crippen LogP contribution in [0.2, 0.25) is 5.15 Å². The lowest BCUT2D eigenvalue weighted by atomic mass is 9.96. The van der Waals surface area contributed by atoms with Crippen molar-refractivity contribution in [1.82, 2.24) is 9.97 Å². The first kappa shape index (κ1) is 14.5. The molecule has 19 heavy (non-hydrogen) atoms. The number of nitrogens with zero attached hydrogens (tertiary/aromatic N) is 3. The number of anilines is 1. The highest BCUT2D eigenvalue weighted by atomic mass is 35.5. The van der Waals surface area contributed by atoms with E-state index in [1.807, 2.05) is 6.92 Å². The van der Waals surface area contributed by atoms with Crippen LogP contribution >= 0.6 is 11.6 Å². The maximum atomic E-state index is 9.82. The van der Waals surface area contributed by atoms with Gasteiger partial charge in [0.15, 0.2) is 0 Å². The molecular formula is C14H22ClN3O. The van der Waals surface area contributed by atoms with Gasteiger partial charge < -0.3 is 10.0 Å². The van der Waals surface area contributed by atoms with E-state index >= 15 is 0 Å². The molecule has 1 aromatic heterocycles. The zero-order chi connectivity index (χ0) is 14.0. The van der Waals surface area contributed by atoms with Gasteiger partial charge in [-0.1, -0.05) is 25.4 Å². The highest BCUT2D eigenvalue weighted by molar-refractivity contribution is 6.30. The fourth-order valence-electron chi connectivity index (χ4n) is 2.49. The van der Waals surface area contributed by atoms with Crippen molar-refractivity contribution >= 4 is 17.4 Å². The molecule has 0 radical (unpaired) electrons. The van der Waals surface area contributed by atoms with Crippen LogP contribution in [0.4, 0.5) is 5.82 Å². The normalized spacial score (nSPS) is 23.7. The van der Waals surface area contributed by atoms with Gasteiger partial charge in [0.05, 0.1) is 6.10 Å². The van der Waals surface area contributed by atoms with E-state index in [4.69, 9.17) is 11.6 Å². The Morgan fingerprint density at radius 1 is 1.42 bits per heavy atom. The summed E-state index contributed by atoms with van der Waals surface area (Å²) >= 11 is 6.21. The van der Waals surface area contributed by atoms with Crippen LogP contribution in [0.25, 0.3) is 0 Å². The standard InChI is InChI=1S/C14H22ClN3O/c1-4-5-12-16-13(15)10(3)14(17-12)18-7-6-11(19)9(2)8-18/h9,11,19H,4-8H2,1-3H3. The number of rotatable bonds is 3. The first-order valence-electron chi connectivity index (χ1n) is 6.99. The summed E-state index contributed by atoms with van der Waals surface area (Å²) < 4.78 is 0. The number of aromatic nitrogens is 2. The summed E-state index contributed by atoms with van der Waals surface area (Å²) in [7, 11) is 0. The van der Waals surface area contributed by atoms with Crippen LogP contribution in [0.3, 0.4) is 0 Å². The average Bonchev–Trinajstić information content (AvgIpc) is 2.37. The first-order chi connectivity index (χ1) is 9.02. The minimum atomic E-state index is -0.205. The van der Waals surface area contributed by atoms with E-state index in [2.05, 4.69) is 28.7 Å². The predicted octanol–water partition coefficient (Wildman–Crippen LogP) is 2.60. The number of halogens is 1. The third-order valence-corrected chi connectivity index (χ3v) is 4.11. The van der Waals surface area contributed by atoms with Crippen LogP contribution in [-0.2, 0) is 6.42 Å². The molecule has 1 fully saturated rings. The maximum Gasteiger partial charge on any atom is 0.137 e. The van der Waals surface area contributed by atoms with Gasteiger partial charge in [0, 0.05) is 25.1 Å². The summed E-state index contributed by atoms with van der Waals surface area (Å²) in [6.07, 6.45) is 2.43. The van der Waals surface area contributed by atoms with Crippen molar-refractivity contribution < 1.29 is 5.11 Å². The highest BCUT2D eigenvalue weighted by Crippen LogP contribution is 2.28. The van der Waals surface area contributed by atoms with Crippen LogP contribution in [0.15, 0.2) is 0 Å². The molecule has 1 N–H and O–H groups in total. The third-order valence-electron chi connectivity index (χ3n) is 3.74. The molecule has 1 saturated heterocycles. The Bertz CT molecular complexity index is 453. The average molecular weight is 284 g/mol. The van der Waals surface area contributed by atoms with E-state index in [9.17, 15) is 5.11 Å². The molecular weight excluding hydrogens is 262 g/mol. The van der Waals surface area contributed by atoms with Gasteiger partial charge in [0.25, 0.3) is 0 Å². The summed E-state index contributed by atoms with van der Waals surface area (Å²) in [6, 6.07) is 0. The molecule has 0 aromatic carbocycles. The van der Waals surface area contributed by atoms with Gasteiger partial charge >= 0.3 is 0 Å². The minimum Gasteiger partial charge on any atom is -0.393 e. The largest absolute Gasteiger partial charge is 0.393 e. The second kappa shape index (κ2) is 6.06. The SMILES string of the molecule is CCCc1nc(Cl)c(C)c(N2CCC(O)C(C)C2)n1. The van der Waals surface area contributed by atoms with E-state index in [1.54, 1.807) is 0 Å². The molecule has 106 valence electrons. The summed E-state index contributed by atoms with van der Waals surface area (Å²) in [5.41, 5.74) is 0.935. The van der Waals surface area contributed by atoms with Crippen LogP contribution in [-0.4, -0.2) is 34.3 Å². The highest BCUT2D eigenvalue weighted by Gasteiger charge is 2.26. The molecule has 0 saturated carbocycles. The molecule has 0 amide bonds. The summed E-state index contributed by atoms with van der Waals surface area (Å²) in [6.45, 7) is 7.79. The van der Waals surface area contributed by atoms with Gasteiger partial charge in [-0.05, 0) is 25.7 Å². The third kappa shape index (κ3) is 3.18. The first-order valence-corrected chi connectivity index (χ1v) is 7.36. The van der Waals surface area contributed by atoms with Crippen molar-refractivity contribution in [3.05, 3.63) is 16.5 Å². The van der Waals surface area contributed by atoms with Gasteiger partial charge in [-0.3, -0.25) is 0 Å². The lowest BCUT2D eigenvalue weighted by Crippen LogP contribution is -2.42.